The van der Waals surface area contributed by atoms with Crippen molar-refractivity contribution < 1.29 is 9.72 Å². The van der Waals surface area contributed by atoms with Crippen molar-refractivity contribution in [1.82, 2.24) is 10.2 Å². The SMILES string of the molecule is CN(C)CCNC(=O)Cc1ccccc1[N+](=O)[O-]. The average Bonchev–Trinajstić information content (AvgIpc) is 2.28. The van der Waals surface area contributed by atoms with Crippen molar-refractivity contribution in [1.29, 1.82) is 0 Å². The highest BCUT2D eigenvalue weighted by Gasteiger charge is 2.14. The van der Waals surface area contributed by atoms with Crippen molar-refractivity contribution in [3.63, 3.8) is 0 Å². The first-order chi connectivity index (χ1) is 8.50. The van der Waals surface area contributed by atoms with Gasteiger partial charge in [0.2, 0.25) is 5.91 Å². The third-order valence-electron chi connectivity index (χ3n) is 2.42. The summed E-state index contributed by atoms with van der Waals surface area (Å²) in [7, 11) is 3.82. The number of hydrogen-bond donors (Lipinski definition) is 1. The number of nitro benzene ring substituents is 1. The molecule has 0 fully saturated rings. The van der Waals surface area contributed by atoms with E-state index in [2.05, 4.69) is 5.32 Å². The molecule has 18 heavy (non-hydrogen) atoms. The second kappa shape index (κ2) is 6.70. The van der Waals surface area contributed by atoms with Crippen LogP contribution in [0.5, 0.6) is 0 Å². The van der Waals surface area contributed by atoms with E-state index in [1.165, 1.54) is 6.07 Å². The van der Waals surface area contributed by atoms with Crippen LogP contribution in [-0.4, -0.2) is 42.9 Å². The molecule has 0 saturated carbocycles. The number of carbonyl (C=O) groups is 1. The minimum atomic E-state index is -0.470. The topological polar surface area (TPSA) is 75.5 Å². The van der Waals surface area contributed by atoms with Gasteiger partial charge in [-0.05, 0) is 14.1 Å². The van der Waals surface area contributed by atoms with Gasteiger partial charge in [0.25, 0.3) is 5.69 Å². The Hall–Kier alpha value is -1.95. The summed E-state index contributed by atoms with van der Waals surface area (Å²) >= 11 is 0. The van der Waals surface area contributed by atoms with Crippen LogP contribution in [0.15, 0.2) is 24.3 Å². The zero-order chi connectivity index (χ0) is 13.5. The maximum Gasteiger partial charge on any atom is 0.273 e. The van der Waals surface area contributed by atoms with Gasteiger partial charge in [0.15, 0.2) is 0 Å². The number of amides is 1. The summed E-state index contributed by atoms with van der Waals surface area (Å²) in [5, 5.41) is 13.5. The molecule has 0 atom stereocenters. The number of rotatable bonds is 6. The van der Waals surface area contributed by atoms with Gasteiger partial charge in [-0.25, -0.2) is 0 Å². The number of nitro groups is 1. The van der Waals surface area contributed by atoms with Gasteiger partial charge in [0.05, 0.1) is 11.3 Å². The van der Waals surface area contributed by atoms with Crippen molar-refractivity contribution in [2.75, 3.05) is 27.2 Å². The van der Waals surface area contributed by atoms with Crippen molar-refractivity contribution in [2.24, 2.45) is 0 Å². The van der Waals surface area contributed by atoms with E-state index in [0.29, 0.717) is 12.1 Å². The highest BCUT2D eigenvalue weighted by Crippen LogP contribution is 2.17. The molecule has 0 spiro atoms. The Balaban J connectivity index is 2.56. The van der Waals surface area contributed by atoms with Crippen LogP contribution in [-0.2, 0) is 11.2 Å². The van der Waals surface area contributed by atoms with E-state index >= 15 is 0 Å². The van der Waals surface area contributed by atoms with Crippen molar-refractivity contribution in [2.45, 2.75) is 6.42 Å². The van der Waals surface area contributed by atoms with Gasteiger partial charge in [0, 0.05) is 24.7 Å². The molecular weight excluding hydrogens is 234 g/mol. The fraction of sp³-hybridized carbons (Fsp3) is 0.417. The second-order valence-corrected chi connectivity index (χ2v) is 4.22. The smallest absolute Gasteiger partial charge is 0.273 e. The fourth-order valence-corrected chi connectivity index (χ4v) is 1.49. The lowest BCUT2D eigenvalue weighted by Crippen LogP contribution is -2.32. The standard InChI is InChI=1S/C12H17N3O3/c1-14(2)8-7-13-12(16)9-10-5-3-4-6-11(10)15(17)18/h3-6H,7-9H2,1-2H3,(H,13,16). The summed E-state index contributed by atoms with van der Waals surface area (Å²) in [4.78, 5) is 23.9. The lowest BCUT2D eigenvalue weighted by Gasteiger charge is -2.10. The molecule has 1 amide bonds. The first-order valence-corrected chi connectivity index (χ1v) is 5.64. The van der Waals surface area contributed by atoms with E-state index in [1.54, 1.807) is 18.2 Å². The van der Waals surface area contributed by atoms with Crippen LogP contribution in [0.2, 0.25) is 0 Å². The zero-order valence-electron chi connectivity index (χ0n) is 10.5. The number of likely N-dealkylation sites (N-methyl/N-ethyl adjacent to an activating group) is 1. The van der Waals surface area contributed by atoms with Gasteiger partial charge in [-0.1, -0.05) is 18.2 Å². The minimum absolute atomic E-state index is 0.0136. The van der Waals surface area contributed by atoms with Crippen LogP contribution in [0, 0.1) is 10.1 Å². The van der Waals surface area contributed by atoms with Gasteiger partial charge in [-0.2, -0.15) is 0 Å². The van der Waals surface area contributed by atoms with E-state index in [-0.39, 0.29) is 18.0 Å². The summed E-state index contributed by atoms with van der Waals surface area (Å²) < 4.78 is 0. The highest BCUT2D eigenvalue weighted by molar-refractivity contribution is 5.79. The van der Waals surface area contributed by atoms with E-state index in [0.717, 1.165) is 6.54 Å². The highest BCUT2D eigenvalue weighted by atomic mass is 16.6. The number of benzene rings is 1. The number of para-hydroxylation sites is 1. The molecule has 0 unspecified atom stereocenters. The summed E-state index contributed by atoms with van der Waals surface area (Å²) in [6.07, 6.45) is 0.0323. The van der Waals surface area contributed by atoms with Gasteiger partial charge < -0.3 is 10.2 Å². The Bertz CT molecular complexity index is 432. The molecule has 6 nitrogen and oxygen atoms in total. The van der Waals surface area contributed by atoms with E-state index in [4.69, 9.17) is 0 Å². The Kier molecular flexibility index (Phi) is 5.26. The number of nitrogens with zero attached hydrogens (tertiary/aromatic N) is 2. The van der Waals surface area contributed by atoms with E-state index < -0.39 is 4.92 Å². The Morgan fingerprint density at radius 2 is 2.06 bits per heavy atom. The first kappa shape index (κ1) is 14.1. The lowest BCUT2D eigenvalue weighted by molar-refractivity contribution is -0.385. The molecule has 0 saturated heterocycles. The molecule has 0 heterocycles. The average molecular weight is 251 g/mol. The summed E-state index contributed by atoms with van der Waals surface area (Å²) in [6.45, 7) is 1.27. The van der Waals surface area contributed by atoms with Gasteiger partial charge in [-0.3, -0.25) is 14.9 Å². The van der Waals surface area contributed by atoms with E-state index in [1.807, 2.05) is 19.0 Å². The summed E-state index contributed by atoms with van der Waals surface area (Å²) in [5.74, 6) is -0.203. The van der Waals surface area contributed by atoms with Crippen molar-refractivity contribution in [3.8, 4) is 0 Å². The molecule has 1 aromatic carbocycles. The van der Waals surface area contributed by atoms with Gasteiger partial charge in [0.1, 0.15) is 0 Å². The molecule has 1 N–H and O–H groups in total. The predicted molar refractivity (Wildman–Crippen MR) is 68.4 cm³/mol. The minimum Gasteiger partial charge on any atom is -0.355 e. The third-order valence-corrected chi connectivity index (χ3v) is 2.42. The quantitative estimate of drug-likeness (QED) is 0.600. The molecule has 0 bridgehead atoms. The largest absolute Gasteiger partial charge is 0.355 e. The maximum atomic E-state index is 11.6. The maximum absolute atomic E-state index is 11.6. The fourth-order valence-electron chi connectivity index (χ4n) is 1.49. The molecule has 1 aromatic rings. The predicted octanol–water partition coefficient (Wildman–Crippen LogP) is 0.815. The Labute approximate surface area is 106 Å². The lowest BCUT2D eigenvalue weighted by atomic mass is 10.1. The molecule has 0 aliphatic carbocycles. The van der Waals surface area contributed by atoms with Crippen LogP contribution >= 0.6 is 0 Å². The Morgan fingerprint density at radius 3 is 2.67 bits per heavy atom. The molecule has 0 aromatic heterocycles. The zero-order valence-corrected chi connectivity index (χ0v) is 10.5. The molecule has 0 aliphatic rings. The third kappa shape index (κ3) is 4.50. The van der Waals surface area contributed by atoms with Crippen molar-refractivity contribution in [3.05, 3.63) is 39.9 Å². The van der Waals surface area contributed by atoms with Gasteiger partial charge in [-0.15, -0.1) is 0 Å². The van der Waals surface area contributed by atoms with E-state index in [9.17, 15) is 14.9 Å². The number of carbonyl (C=O) groups excluding carboxylic acids is 1. The Morgan fingerprint density at radius 1 is 1.39 bits per heavy atom. The normalized spacial score (nSPS) is 10.4. The summed E-state index contributed by atoms with van der Waals surface area (Å²) in [5.41, 5.74) is 0.421. The van der Waals surface area contributed by atoms with Crippen LogP contribution in [0.1, 0.15) is 5.56 Å². The molecule has 98 valence electrons. The van der Waals surface area contributed by atoms with Crippen LogP contribution in [0.25, 0.3) is 0 Å². The van der Waals surface area contributed by atoms with Crippen LogP contribution < -0.4 is 5.32 Å². The molecule has 6 heteroatoms. The molecular formula is C12H17N3O3. The number of nitrogens with one attached hydrogen (secondary N) is 1. The first-order valence-electron chi connectivity index (χ1n) is 5.64. The number of hydrogen-bond acceptors (Lipinski definition) is 4. The molecule has 0 aliphatic heterocycles. The second-order valence-electron chi connectivity index (χ2n) is 4.22. The molecule has 1 rings (SSSR count). The van der Waals surface area contributed by atoms with Crippen LogP contribution in [0.3, 0.4) is 0 Å². The monoisotopic (exact) mass is 251 g/mol. The van der Waals surface area contributed by atoms with Crippen molar-refractivity contribution >= 4 is 11.6 Å². The van der Waals surface area contributed by atoms with Crippen LogP contribution in [0.4, 0.5) is 5.69 Å². The summed E-state index contributed by atoms with van der Waals surface area (Å²) in [6, 6.07) is 6.28. The van der Waals surface area contributed by atoms with Gasteiger partial charge >= 0.3 is 0 Å². The molecule has 0 radical (unpaired) electrons.